The summed E-state index contributed by atoms with van der Waals surface area (Å²) in [4.78, 5) is 38.1. The van der Waals surface area contributed by atoms with Crippen LogP contribution in [-0.2, 0) is 30.8 Å². The molecule has 3 rings (SSSR count). The van der Waals surface area contributed by atoms with Crippen molar-refractivity contribution in [1.82, 2.24) is 10.2 Å². The van der Waals surface area contributed by atoms with E-state index in [2.05, 4.69) is 10.6 Å². The lowest BCUT2D eigenvalue weighted by Gasteiger charge is -2.22. The van der Waals surface area contributed by atoms with Gasteiger partial charge in [-0.1, -0.05) is 17.7 Å². The average molecular weight is 626 g/mol. The van der Waals surface area contributed by atoms with Crippen molar-refractivity contribution < 1.29 is 41.6 Å². The SMILES string of the molecule is CC1(C)OB(O)c2cc(NC(=O)CNC(=O)C(N)CCC(=O)N(CCN)CCN)cc(F)c21.Cc1ccc(C(F)(F)F)cc1. The Hall–Kier alpha value is -3.57. The lowest BCUT2D eigenvalue weighted by molar-refractivity contribution is -0.137. The van der Waals surface area contributed by atoms with Gasteiger partial charge in [-0.25, -0.2) is 4.39 Å². The van der Waals surface area contributed by atoms with Crippen LogP contribution in [0.3, 0.4) is 0 Å². The van der Waals surface area contributed by atoms with Crippen LogP contribution in [0.2, 0.25) is 0 Å². The average Bonchev–Trinajstić information content (AvgIpc) is 3.17. The van der Waals surface area contributed by atoms with Gasteiger partial charge in [-0.2, -0.15) is 13.2 Å². The fourth-order valence-electron chi connectivity index (χ4n) is 4.42. The van der Waals surface area contributed by atoms with Gasteiger partial charge in [-0.15, -0.1) is 0 Å². The number of halogens is 4. The number of carbonyl (C=O) groups excluding carboxylic acids is 3. The highest BCUT2D eigenvalue weighted by Gasteiger charge is 2.43. The minimum atomic E-state index is -4.21. The van der Waals surface area contributed by atoms with Gasteiger partial charge in [-0.05, 0) is 56.9 Å². The van der Waals surface area contributed by atoms with Crippen LogP contribution in [0.5, 0.6) is 0 Å². The molecular weight excluding hydrogens is 587 g/mol. The maximum atomic E-state index is 14.5. The van der Waals surface area contributed by atoms with Crippen LogP contribution >= 0.6 is 0 Å². The monoisotopic (exact) mass is 626 g/mol. The number of benzene rings is 2. The summed E-state index contributed by atoms with van der Waals surface area (Å²) in [5, 5.41) is 14.9. The number of carbonyl (C=O) groups is 3. The van der Waals surface area contributed by atoms with E-state index in [0.29, 0.717) is 26.2 Å². The van der Waals surface area contributed by atoms with Crippen LogP contribution in [0.1, 0.15) is 43.4 Å². The first-order valence-electron chi connectivity index (χ1n) is 13.8. The Morgan fingerprint density at radius 3 is 2.23 bits per heavy atom. The Bertz CT molecular complexity index is 1290. The Morgan fingerprint density at radius 2 is 1.68 bits per heavy atom. The molecule has 1 aliphatic heterocycles. The lowest BCUT2D eigenvalue weighted by atomic mass is 9.78. The number of hydrogen-bond acceptors (Lipinski definition) is 8. The molecule has 0 spiro atoms. The van der Waals surface area contributed by atoms with E-state index in [1.165, 1.54) is 23.1 Å². The van der Waals surface area contributed by atoms with Gasteiger partial charge in [0.1, 0.15) is 5.82 Å². The Labute approximate surface area is 253 Å². The lowest BCUT2D eigenvalue weighted by Crippen LogP contribution is -2.45. The maximum absolute atomic E-state index is 14.5. The highest BCUT2D eigenvalue weighted by molar-refractivity contribution is 6.62. The Balaban J connectivity index is 0.000000514. The normalized spacial score (nSPS) is 14.2. The molecule has 1 atom stereocenters. The summed E-state index contributed by atoms with van der Waals surface area (Å²) in [5.74, 6) is -2.05. The first kappa shape index (κ1) is 36.6. The fourth-order valence-corrected chi connectivity index (χ4v) is 4.42. The van der Waals surface area contributed by atoms with Crippen molar-refractivity contribution in [3.8, 4) is 0 Å². The molecule has 16 heteroatoms. The zero-order chi connectivity index (χ0) is 33.2. The van der Waals surface area contributed by atoms with Crippen LogP contribution in [0.25, 0.3) is 0 Å². The molecule has 0 aromatic heterocycles. The summed E-state index contributed by atoms with van der Waals surface area (Å²) in [6, 6.07) is 6.60. The number of alkyl halides is 3. The molecule has 2 aromatic carbocycles. The molecule has 11 nitrogen and oxygen atoms in total. The molecule has 0 bridgehead atoms. The molecule has 1 unspecified atom stereocenters. The van der Waals surface area contributed by atoms with Gasteiger partial charge in [0.25, 0.3) is 0 Å². The molecule has 0 saturated carbocycles. The number of anilines is 1. The third kappa shape index (κ3) is 10.6. The topological polar surface area (TPSA) is 186 Å². The van der Waals surface area contributed by atoms with Gasteiger partial charge >= 0.3 is 13.3 Å². The zero-order valence-electron chi connectivity index (χ0n) is 24.8. The number of aryl methyl sites for hydroxylation is 1. The van der Waals surface area contributed by atoms with Gasteiger partial charge in [0.2, 0.25) is 17.7 Å². The highest BCUT2D eigenvalue weighted by Crippen LogP contribution is 2.33. The van der Waals surface area contributed by atoms with Crippen molar-refractivity contribution in [3.63, 3.8) is 0 Å². The zero-order valence-corrected chi connectivity index (χ0v) is 24.8. The van der Waals surface area contributed by atoms with Gasteiger partial charge in [0.05, 0.1) is 23.8 Å². The molecule has 0 radical (unpaired) electrons. The predicted molar refractivity (Wildman–Crippen MR) is 158 cm³/mol. The Morgan fingerprint density at radius 1 is 1.09 bits per heavy atom. The smallest absolute Gasteiger partial charge is 0.423 e. The van der Waals surface area contributed by atoms with E-state index >= 15 is 0 Å². The number of fused-ring (bicyclic) bond motifs is 1. The number of nitrogens with two attached hydrogens (primary N) is 3. The molecule has 0 aliphatic carbocycles. The first-order valence-corrected chi connectivity index (χ1v) is 13.8. The van der Waals surface area contributed by atoms with E-state index in [4.69, 9.17) is 21.9 Å². The third-order valence-electron chi connectivity index (χ3n) is 6.64. The van der Waals surface area contributed by atoms with Crippen molar-refractivity contribution in [2.75, 3.05) is 38.0 Å². The number of nitrogens with zero attached hydrogens (tertiary/aromatic N) is 1. The highest BCUT2D eigenvalue weighted by atomic mass is 19.4. The van der Waals surface area contributed by atoms with Gasteiger partial charge in [0.15, 0.2) is 0 Å². The fraction of sp³-hybridized carbons (Fsp3) is 0.464. The second kappa shape index (κ2) is 15.9. The summed E-state index contributed by atoms with van der Waals surface area (Å²) >= 11 is 0. The molecule has 1 aliphatic rings. The maximum Gasteiger partial charge on any atom is 0.492 e. The first-order chi connectivity index (χ1) is 20.5. The number of amides is 3. The Kier molecular flexibility index (Phi) is 13.3. The molecule has 0 fully saturated rings. The van der Waals surface area contributed by atoms with Gasteiger partial charge < -0.3 is 42.4 Å². The molecular formula is C28H39BF4N6O5. The van der Waals surface area contributed by atoms with Crippen LogP contribution < -0.4 is 33.3 Å². The van der Waals surface area contributed by atoms with Gasteiger partial charge in [-0.3, -0.25) is 14.4 Å². The second-order valence-corrected chi connectivity index (χ2v) is 10.6. The number of hydrogen-bond donors (Lipinski definition) is 6. The minimum absolute atomic E-state index is 0.0376. The van der Waals surface area contributed by atoms with E-state index in [0.717, 1.165) is 23.8 Å². The van der Waals surface area contributed by atoms with Crippen molar-refractivity contribution in [1.29, 1.82) is 0 Å². The van der Waals surface area contributed by atoms with E-state index in [9.17, 15) is 37.0 Å². The minimum Gasteiger partial charge on any atom is -0.423 e. The molecule has 9 N–H and O–H groups in total. The summed E-state index contributed by atoms with van der Waals surface area (Å²) in [6.45, 7) is 5.92. The van der Waals surface area contributed by atoms with Crippen molar-refractivity contribution in [2.45, 2.75) is 51.4 Å². The van der Waals surface area contributed by atoms with E-state index in [-0.39, 0.29) is 35.5 Å². The molecule has 2 aromatic rings. The van der Waals surface area contributed by atoms with Crippen molar-refractivity contribution in [3.05, 3.63) is 58.9 Å². The standard InChI is InChI=1S/C20H32BFN6O5.C8H7F3/c1-20(2)18-13(21(32)33-20)9-12(10-14(18)22)27-16(29)11-26-19(31)15(25)3-4-17(30)28(7-5-23)8-6-24;1-6-2-4-7(5-3-6)8(9,10)11/h9-10,15,32H,3-8,11,23-25H2,1-2H3,(H,26,31)(H,27,29);2-5H,1H3. The van der Waals surface area contributed by atoms with Crippen LogP contribution in [0.4, 0.5) is 23.2 Å². The summed E-state index contributed by atoms with van der Waals surface area (Å²) < 4.78 is 55.6. The molecule has 1 heterocycles. The number of nitrogens with one attached hydrogen (secondary N) is 2. The van der Waals surface area contributed by atoms with Gasteiger partial charge in [0, 0.05) is 43.9 Å². The predicted octanol–water partition coefficient (Wildman–Crippen LogP) is 0.701. The number of rotatable bonds is 11. The quantitative estimate of drug-likeness (QED) is 0.155. The molecule has 3 amide bonds. The largest absolute Gasteiger partial charge is 0.492 e. The van der Waals surface area contributed by atoms with E-state index in [1.807, 2.05) is 0 Å². The van der Waals surface area contributed by atoms with Crippen LogP contribution in [0.15, 0.2) is 36.4 Å². The van der Waals surface area contributed by atoms with Crippen molar-refractivity contribution >= 4 is 36.0 Å². The third-order valence-corrected chi connectivity index (χ3v) is 6.64. The summed E-state index contributed by atoms with van der Waals surface area (Å²) in [5.41, 5.74) is 16.6. The second-order valence-electron chi connectivity index (χ2n) is 10.6. The summed E-state index contributed by atoms with van der Waals surface area (Å²) in [6.07, 6.45) is -4.09. The molecule has 242 valence electrons. The van der Waals surface area contributed by atoms with Crippen molar-refractivity contribution in [2.24, 2.45) is 17.2 Å². The summed E-state index contributed by atoms with van der Waals surface area (Å²) in [7, 11) is -1.31. The molecule has 0 saturated heterocycles. The van der Waals surface area contributed by atoms with Crippen LogP contribution in [-0.4, -0.2) is 73.5 Å². The molecule has 44 heavy (non-hydrogen) atoms. The van der Waals surface area contributed by atoms with E-state index < -0.39 is 54.7 Å². The van der Waals surface area contributed by atoms with Crippen LogP contribution in [0, 0.1) is 12.7 Å². The van der Waals surface area contributed by atoms with E-state index in [1.54, 1.807) is 20.8 Å².